The van der Waals surface area contributed by atoms with Gasteiger partial charge in [0.1, 0.15) is 17.2 Å². The lowest BCUT2D eigenvalue weighted by Crippen LogP contribution is -2.01. The molecule has 2 rings (SSSR count). The molecule has 1 aromatic carbocycles. The van der Waals surface area contributed by atoms with Gasteiger partial charge in [0, 0.05) is 11.5 Å². The zero-order chi connectivity index (χ0) is 12.6. The minimum atomic E-state index is -1.26. The standard InChI is InChI=1S/C12H11F3N2/c1-2-3-6-4-7-8(13)5-9(14)10(15)11(7)17-12(6)16/h4-5H,2-3H2,1H3,(H2,16,17). The third-order valence-electron chi connectivity index (χ3n) is 2.58. The second kappa shape index (κ2) is 4.24. The summed E-state index contributed by atoms with van der Waals surface area (Å²) in [6.45, 7) is 1.94. The highest BCUT2D eigenvalue weighted by molar-refractivity contribution is 5.82. The van der Waals surface area contributed by atoms with Crippen molar-refractivity contribution in [2.45, 2.75) is 19.8 Å². The van der Waals surface area contributed by atoms with Crippen molar-refractivity contribution in [3.8, 4) is 0 Å². The molecule has 1 aromatic heterocycles. The van der Waals surface area contributed by atoms with Crippen LogP contribution >= 0.6 is 0 Å². The lowest BCUT2D eigenvalue weighted by Gasteiger charge is -2.07. The topological polar surface area (TPSA) is 38.9 Å². The van der Waals surface area contributed by atoms with Gasteiger partial charge in [-0.25, -0.2) is 18.2 Å². The number of aryl methyl sites for hydroxylation is 1. The van der Waals surface area contributed by atoms with Crippen LogP contribution in [0.2, 0.25) is 0 Å². The van der Waals surface area contributed by atoms with Crippen molar-refractivity contribution in [1.82, 2.24) is 4.98 Å². The van der Waals surface area contributed by atoms with Gasteiger partial charge in [-0.15, -0.1) is 0 Å². The van der Waals surface area contributed by atoms with Crippen molar-refractivity contribution >= 4 is 16.7 Å². The van der Waals surface area contributed by atoms with Gasteiger partial charge in [0.2, 0.25) is 0 Å². The third-order valence-corrected chi connectivity index (χ3v) is 2.58. The number of benzene rings is 1. The van der Waals surface area contributed by atoms with E-state index in [0.717, 1.165) is 6.42 Å². The third kappa shape index (κ3) is 1.92. The molecule has 90 valence electrons. The summed E-state index contributed by atoms with van der Waals surface area (Å²) < 4.78 is 39.9. The number of nitrogens with zero attached hydrogens (tertiary/aromatic N) is 1. The van der Waals surface area contributed by atoms with Gasteiger partial charge < -0.3 is 5.73 Å². The van der Waals surface area contributed by atoms with E-state index in [0.29, 0.717) is 18.1 Å². The Hall–Kier alpha value is -1.78. The predicted octanol–water partition coefficient (Wildman–Crippen LogP) is 3.19. The van der Waals surface area contributed by atoms with Gasteiger partial charge in [0.05, 0.1) is 0 Å². The van der Waals surface area contributed by atoms with Crippen molar-refractivity contribution in [2.75, 3.05) is 5.73 Å². The summed E-state index contributed by atoms with van der Waals surface area (Å²) >= 11 is 0. The highest BCUT2D eigenvalue weighted by Gasteiger charge is 2.15. The van der Waals surface area contributed by atoms with Crippen molar-refractivity contribution < 1.29 is 13.2 Å². The average molecular weight is 240 g/mol. The van der Waals surface area contributed by atoms with E-state index < -0.39 is 17.5 Å². The fraction of sp³-hybridized carbons (Fsp3) is 0.250. The first-order chi connectivity index (χ1) is 8.04. The van der Waals surface area contributed by atoms with Crippen LogP contribution in [-0.2, 0) is 6.42 Å². The van der Waals surface area contributed by atoms with Gasteiger partial charge in [-0.3, -0.25) is 0 Å². The number of fused-ring (bicyclic) bond motifs is 1. The van der Waals surface area contributed by atoms with E-state index in [2.05, 4.69) is 4.98 Å². The molecule has 2 aromatic rings. The number of anilines is 1. The summed E-state index contributed by atoms with van der Waals surface area (Å²) in [4.78, 5) is 3.74. The SMILES string of the molecule is CCCc1cc2c(F)cc(F)c(F)c2nc1N. The van der Waals surface area contributed by atoms with Gasteiger partial charge >= 0.3 is 0 Å². The number of pyridine rings is 1. The van der Waals surface area contributed by atoms with Gasteiger partial charge in [0.15, 0.2) is 11.6 Å². The van der Waals surface area contributed by atoms with Gasteiger partial charge in [0.25, 0.3) is 0 Å². The minimum absolute atomic E-state index is 0.0402. The predicted molar refractivity (Wildman–Crippen MR) is 60.0 cm³/mol. The molecule has 0 spiro atoms. The largest absolute Gasteiger partial charge is 0.383 e. The Labute approximate surface area is 96.3 Å². The van der Waals surface area contributed by atoms with Crippen LogP contribution in [0.1, 0.15) is 18.9 Å². The Morgan fingerprint density at radius 2 is 1.88 bits per heavy atom. The molecule has 0 bridgehead atoms. The molecule has 17 heavy (non-hydrogen) atoms. The lowest BCUT2D eigenvalue weighted by molar-refractivity contribution is 0.504. The second-order valence-corrected chi connectivity index (χ2v) is 3.83. The molecule has 2 nitrogen and oxygen atoms in total. The zero-order valence-electron chi connectivity index (χ0n) is 9.23. The Morgan fingerprint density at radius 1 is 1.18 bits per heavy atom. The van der Waals surface area contributed by atoms with E-state index in [-0.39, 0.29) is 16.7 Å². The first-order valence-electron chi connectivity index (χ1n) is 5.27. The van der Waals surface area contributed by atoms with Crippen molar-refractivity contribution in [3.63, 3.8) is 0 Å². The van der Waals surface area contributed by atoms with E-state index in [4.69, 9.17) is 5.73 Å². The molecule has 0 atom stereocenters. The maximum atomic E-state index is 13.5. The van der Waals surface area contributed by atoms with Crippen LogP contribution in [-0.4, -0.2) is 4.98 Å². The fourth-order valence-electron chi connectivity index (χ4n) is 1.75. The number of nitrogens with two attached hydrogens (primary N) is 1. The van der Waals surface area contributed by atoms with Crippen LogP contribution in [0.15, 0.2) is 12.1 Å². The van der Waals surface area contributed by atoms with E-state index in [9.17, 15) is 13.2 Å². The summed E-state index contributed by atoms with van der Waals surface area (Å²) in [6, 6.07) is 1.95. The average Bonchev–Trinajstić information content (AvgIpc) is 2.28. The normalized spacial score (nSPS) is 11.1. The van der Waals surface area contributed by atoms with E-state index >= 15 is 0 Å². The molecule has 0 saturated heterocycles. The van der Waals surface area contributed by atoms with E-state index in [1.807, 2.05) is 6.92 Å². The lowest BCUT2D eigenvalue weighted by atomic mass is 10.1. The maximum absolute atomic E-state index is 13.5. The molecule has 0 radical (unpaired) electrons. The van der Waals surface area contributed by atoms with Crippen LogP contribution in [0.5, 0.6) is 0 Å². The smallest absolute Gasteiger partial charge is 0.185 e. The molecular formula is C12H11F3N2. The monoisotopic (exact) mass is 240 g/mol. The molecular weight excluding hydrogens is 229 g/mol. The van der Waals surface area contributed by atoms with Crippen LogP contribution in [0.25, 0.3) is 10.9 Å². The molecule has 0 unspecified atom stereocenters. The van der Waals surface area contributed by atoms with Crippen LogP contribution in [0, 0.1) is 17.5 Å². The van der Waals surface area contributed by atoms with Crippen LogP contribution < -0.4 is 5.73 Å². The Balaban J connectivity index is 2.78. The van der Waals surface area contributed by atoms with Gasteiger partial charge in [-0.05, 0) is 18.1 Å². The maximum Gasteiger partial charge on any atom is 0.185 e. The summed E-state index contributed by atoms with van der Waals surface area (Å²) in [5.74, 6) is -3.15. The first kappa shape index (κ1) is 11.7. The second-order valence-electron chi connectivity index (χ2n) is 3.83. The molecule has 0 amide bonds. The molecule has 0 aliphatic heterocycles. The molecule has 2 N–H and O–H groups in total. The summed E-state index contributed by atoms with van der Waals surface area (Å²) in [5, 5.41) is -0.0402. The minimum Gasteiger partial charge on any atom is -0.383 e. The molecule has 5 heteroatoms. The Bertz CT molecular complexity index is 582. The van der Waals surface area contributed by atoms with Gasteiger partial charge in [-0.1, -0.05) is 13.3 Å². The molecule has 0 aliphatic rings. The highest BCUT2D eigenvalue weighted by Crippen LogP contribution is 2.26. The fourth-order valence-corrected chi connectivity index (χ4v) is 1.75. The molecule has 1 heterocycles. The molecule has 0 aliphatic carbocycles. The summed E-state index contributed by atoms with van der Waals surface area (Å²) in [6.07, 6.45) is 1.43. The van der Waals surface area contributed by atoms with Crippen LogP contribution in [0.4, 0.5) is 19.0 Å². The van der Waals surface area contributed by atoms with Crippen molar-refractivity contribution in [3.05, 3.63) is 35.1 Å². The Morgan fingerprint density at radius 3 is 2.53 bits per heavy atom. The Kier molecular flexibility index (Phi) is 2.92. The van der Waals surface area contributed by atoms with E-state index in [1.54, 1.807) is 0 Å². The molecule has 0 saturated carbocycles. The van der Waals surface area contributed by atoms with E-state index in [1.165, 1.54) is 6.07 Å². The van der Waals surface area contributed by atoms with Crippen LogP contribution in [0.3, 0.4) is 0 Å². The number of halogens is 3. The molecule has 0 fully saturated rings. The van der Waals surface area contributed by atoms with Gasteiger partial charge in [-0.2, -0.15) is 0 Å². The number of aromatic nitrogens is 1. The van der Waals surface area contributed by atoms with Crippen molar-refractivity contribution in [2.24, 2.45) is 0 Å². The van der Waals surface area contributed by atoms with Crippen molar-refractivity contribution in [1.29, 1.82) is 0 Å². The number of rotatable bonds is 2. The zero-order valence-corrected chi connectivity index (χ0v) is 9.23. The number of hydrogen-bond donors (Lipinski definition) is 1. The highest BCUT2D eigenvalue weighted by atomic mass is 19.2. The first-order valence-corrected chi connectivity index (χ1v) is 5.27. The summed E-state index contributed by atoms with van der Waals surface area (Å²) in [7, 11) is 0. The number of nitrogen functional groups attached to an aromatic ring is 1. The quantitative estimate of drug-likeness (QED) is 0.819. The summed E-state index contributed by atoms with van der Waals surface area (Å²) in [5.41, 5.74) is 5.90. The number of hydrogen-bond acceptors (Lipinski definition) is 2.